The summed E-state index contributed by atoms with van der Waals surface area (Å²) in [5.74, 6) is -3.65. The van der Waals surface area contributed by atoms with Gasteiger partial charge in [-0.3, -0.25) is 4.79 Å². The summed E-state index contributed by atoms with van der Waals surface area (Å²) in [6, 6.07) is 5.70. The van der Waals surface area contributed by atoms with Crippen molar-refractivity contribution < 1.29 is 13.6 Å². The van der Waals surface area contributed by atoms with Crippen molar-refractivity contribution in [1.82, 2.24) is 19.5 Å². The molecule has 0 spiro atoms. The number of hydrogen-bond acceptors (Lipinski definition) is 5. The number of aryl methyl sites for hydroxylation is 1. The number of nitriles is 1. The zero-order chi connectivity index (χ0) is 21.7. The molecule has 0 atom stereocenters. The van der Waals surface area contributed by atoms with E-state index in [1.165, 1.54) is 6.92 Å². The normalized spacial score (nSPS) is 15.1. The van der Waals surface area contributed by atoms with E-state index in [0.717, 1.165) is 25.3 Å². The molecule has 9 heteroatoms. The number of hydrogen-bond donors (Lipinski definition) is 1. The third-order valence-electron chi connectivity index (χ3n) is 5.16. The summed E-state index contributed by atoms with van der Waals surface area (Å²) < 4.78 is 29.7. The molecular formula is C21H20F2N6O. The van der Waals surface area contributed by atoms with Crippen LogP contribution >= 0.6 is 0 Å². The van der Waals surface area contributed by atoms with E-state index in [9.17, 15) is 18.8 Å². The van der Waals surface area contributed by atoms with Crippen molar-refractivity contribution in [2.45, 2.75) is 46.1 Å². The predicted molar refractivity (Wildman–Crippen MR) is 107 cm³/mol. The number of alkyl halides is 2. The molecule has 7 nitrogen and oxygen atoms in total. The zero-order valence-corrected chi connectivity index (χ0v) is 16.8. The number of pyridine rings is 1. The van der Waals surface area contributed by atoms with E-state index < -0.39 is 17.2 Å². The van der Waals surface area contributed by atoms with Crippen molar-refractivity contribution in [3.05, 3.63) is 36.0 Å². The largest absolute Gasteiger partial charge is 0.344 e. The lowest BCUT2D eigenvalue weighted by Crippen LogP contribution is -2.13. The van der Waals surface area contributed by atoms with Crippen molar-refractivity contribution in [2.24, 2.45) is 5.41 Å². The van der Waals surface area contributed by atoms with Gasteiger partial charge in [-0.25, -0.2) is 15.0 Å². The number of rotatable bonds is 5. The first-order valence-electron chi connectivity index (χ1n) is 9.52. The van der Waals surface area contributed by atoms with E-state index in [1.807, 2.05) is 4.57 Å². The van der Waals surface area contributed by atoms with Gasteiger partial charge in [0, 0.05) is 43.2 Å². The molecule has 0 radical (unpaired) electrons. The maximum Gasteiger partial charge on any atom is 0.303 e. The van der Waals surface area contributed by atoms with E-state index in [-0.39, 0.29) is 5.91 Å². The quantitative estimate of drug-likeness (QED) is 0.681. The number of halogens is 2. The number of fused-ring (bicyclic) bond motifs is 1. The van der Waals surface area contributed by atoms with Crippen LogP contribution in [0.4, 0.5) is 14.6 Å². The second-order valence-corrected chi connectivity index (χ2v) is 7.94. The Balaban J connectivity index is 1.91. The number of aromatic nitrogens is 4. The summed E-state index contributed by atoms with van der Waals surface area (Å²) in [6.07, 6.45) is 5.05. The molecule has 1 N–H and O–H groups in total. The highest BCUT2D eigenvalue weighted by Gasteiger charge is 2.43. The number of amides is 1. The van der Waals surface area contributed by atoms with Crippen LogP contribution in [0.15, 0.2) is 24.5 Å². The molecule has 154 valence electrons. The predicted octanol–water partition coefficient (Wildman–Crippen LogP) is 4.18. The molecule has 1 aliphatic carbocycles. The topological polar surface area (TPSA) is 96.5 Å². The van der Waals surface area contributed by atoms with E-state index in [2.05, 4.69) is 26.3 Å². The highest BCUT2D eigenvalue weighted by molar-refractivity contribution is 5.98. The highest BCUT2D eigenvalue weighted by Crippen LogP contribution is 2.47. The molecule has 0 unspecified atom stereocenters. The van der Waals surface area contributed by atoms with E-state index in [1.54, 1.807) is 31.5 Å². The minimum Gasteiger partial charge on any atom is -0.344 e. The molecule has 4 rings (SSSR count). The van der Waals surface area contributed by atoms with Crippen LogP contribution in [0.2, 0.25) is 0 Å². The van der Waals surface area contributed by atoms with E-state index >= 15 is 0 Å². The van der Waals surface area contributed by atoms with Gasteiger partial charge >= 0.3 is 5.92 Å². The highest BCUT2D eigenvalue weighted by atomic mass is 19.3. The van der Waals surface area contributed by atoms with Crippen LogP contribution in [0, 0.1) is 23.7 Å². The second-order valence-electron chi connectivity index (χ2n) is 7.94. The average molecular weight is 410 g/mol. The SMILES string of the molecule is CC(=O)Nc1cc2c(-c3cc(C)nc(C(C)(F)F)n3)cn(CC3(C#N)CC3)c2cn1. The zero-order valence-electron chi connectivity index (χ0n) is 16.8. The molecule has 1 aliphatic rings. The molecule has 1 saturated carbocycles. The van der Waals surface area contributed by atoms with Crippen LogP contribution in [-0.4, -0.2) is 25.4 Å². The van der Waals surface area contributed by atoms with Gasteiger partial charge < -0.3 is 9.88 Å². The molecule has 3 heterocycles. The summed E-state index contributed by atoms with van der Waals surface area (Å²) in [5.41, 5.74) is 1.71. The van der Waals surface area contributed by atoms with Gasteiger partial charge in [0.15, 0.2) is 5.82 Å². The van der Waals surface area contributed by atoms with Crippen LogP contribution in [0.1, 0.15) is 38.2 Å². The first-order valence-corrected chi connectivity index (χ1v) is 9.52. The Morgan fingerprint density at radius 2 is 2.10 bits per heavy atom. The maximum absolute atomic E-state index is 13.9. The number of nitrogens with one attached hydrogen (secondary N) is 1. The van der Waals surface area contributed by atoms with Gasteiger partial charge in [0.2, 0.25) is 5.91 Å². The van der Waals surface area contributed by atoms with E-state index in [4.69, 9.17) is 0 Å². The monoisotopic (exact) mass is 410 g/mol. The fourth-order valence-electron chi connectivity index (χ4n) is 3.46. The van der Waals surface area contributed by atoms with Crippen molar-refractivity contribution in [2.75, 3.05) is 5.32 Å². The molecule has 0 saturated heterocycles. The van der Waals surface area contributed by atoms with Gasteiger partial charge in [-0.05, 0) is 31.9 Å². The molecule has 0 aromatic carbocycles. The smallest absolute Gasteiger partial charge is 0.303 e. The van der Waals surface area contributed by atoms with Crippen LogP contribution < -0.4 is 5.32 Å². The Kier molecular flexibility index (Phi) is 4.53. The summed E-state index contributed by atoms with van der Waals surface area (Å²) in [7, 11) is 0. The minimum atomic E-state index is -3.18. The molecule has 0 aliphatic heterocycles. The molecule has 1 amide bonds. The Labute approximate surface area is 171 Å². The van der Waals surface area contributed by atoms with Crippen LogP contribution in [0.3, 0.4) is 0 Å². The lowest BCUT2D eigenvalue weighted by atomic mass is 10.1. The summed E-state index contributed by atoms with van der Waals surface area (Å²) >= 11 is 0. The second kappa shape index (κ2) is 6.83. The first-order chi connectivity index (χ1) is 14.1. The van der Waals surface area contributed by atoms with Gasteiger partial charge in [0.05, 0.1) is 28.9 Å². The fraction of sp³-hybridized carbons (Fsp3) is 0.381. The number of carbonyl (C=O) groups is 1. The Morgan fingerprint density at radius 1 is 1.37 bits per heavy atom. The standard InChI is InChI=1S/C21H20F2N6O/c1-12-6-16(28-19(26-12)20(3,22)23)15-9-29(11-21(10-24)4-5-21)17-8-25-18(7-14(15)17)27-13(2)30/h6-9H,4-5,11H2,1-3H3,(H,25,27,30). The first kappa shape index (κ1) is 19.9. The van der Waals surface area contributed by atoms with Gasteiger partial charge in [0.25, 0.3) is 0 Å². The van der Waals surface area contributed by atoms with Gasteiger partial charge in [-0.1, -0.05) is 0 Å². The van der Waals surface area contributed by atoms with E-state index in [0.29, 0.717) is 34.7 Å². The summed E-state index contributed by atoms with van der Waals surface area (Å²) in [5, 5.41) is 12.8. The lowest BCUT2D eigenvalue weighted by molar-refractivity contribution is -0.114. The summed E-state index contributed by atoms with van der Waals surface area (Å²) in [6.45, 7) is 4.25. The van der Waals surface area contributed by atoms with Crippen LogP contribution in [0.5, 0.6) is 0 Å². The van der Waals surface area contributed by atoms with Crippen molar-refractivity contribution in [1.29, 1.82) is 5.26 Å². The fourth-order valence-corrected chi connectivity index (χ4v) is 3.46. The average Bonchev–Trinajstić information content (AvgIpc) is 3.35. The van der Waals surface area contributed by atoms with Gasteiger partial charge in [-0.2, -0.15) is 14.0 Å². The van der Waals surface area contributed by atoms with Gasteiger partial charge in [0.1, 0.15) is 5.82 Å². The third-order valence-corrected chi connectivity index (χ3v) is 5.16. The molecule has 1 fully saturated rings. The van der Waals surface area contributed by atoms with Crippen molar-refractivity contribution in [3.8, 4) is 17.3 Å². The molecular weight excluding hydrogens is 390 g/mol. The summed E-state index contributed by atoms with van der Waals surface area (Å²) in [4.78, 5) is 23.7. The molecule has 3 aromatic rings. The van der Waals surface area contributed by atoms with Crippen LogP contribution in [0.25, 0.3) is 22.2 Å². The Morgan fingerprint density at radius 3 is 2.70 bits per heavy atom. The Bertz CT molecular complexity index is 1200. The molecule has 0 bridgehead atoms. The number of nitrogens with zero attached hydrogens (tertiary/aromatic N) is 5. The number of anilines is 1. The maximum atomic E-state index is 13.9. The van der Waals surface area contributed by atoms with Crippen molar-refractivity contribution >= 4 is 22.6 Å². The molecule has 30 heavy (non-hydrogen) atoms. The minimum absolute atomic E-state index is 0.268. The number of carbonyl (C=O) groups excluding carboxylic acids is 1. The van der Waals surface area contributed by atoms with Gasteiger partial charge in [-0.15, -0.1) is 0 Å². The molecule has 3 aromatic heterocycles. The van der Waals surface area contributed by atoms with Crippen LogP contribution in [-0.2, 0) is 17.3 Å². The Hall–Kier alpha value is -3.41. The third kappa shape index (κ3) is 3.73. The van der Waals surface area contributed by atoms with Crippen molar-refractivity contribution in [3.63, 3.8) is 0 Å². The lowest BCUT2D eigenvalue weighted by Gasteiger charge is -2.11.